The minimum atomic E-state index is 0.0988. The Morgan fingerprint density at radius 2 is 1.86 bits per heavy atom. The highest BCUT2D eigenvalue weighted by molar-refractivity contribution is 5.97. The number of nitrogens with zero attached hydrogens (tertiary/aromatic N) is 6. The molecule has 0 unspecified atom stereocenters. The van der Waals surface area contributed by atoms with Gasteiger partial charge in [0.05, 0.1) is 11.0 Å². The SMILES string of the molecule is Cc1nc2ccc(C(=O)N3CC(N4CCN(c5ncccn5)CC4)C3)cc2[nH]1. The Bertz CT molecular complexity index is 988. The minimum absolute atomic E-state index is 0.0988. The van der Waals surface area contributed by atoms with Gasteiger partial charge in [-0.1, -0.05) is 0 Å². The molecule has 0 atom stereocenters. The fraction of sp³-hybridized carbons (Fsp3) is 0.400. The predicted octanol–water partition coefficient (Wildman–Crippen LogP) is 1.31. The molecular formula is C20H23N7O. The Morgan fingerprint density at radius 1 is 1.11 bits per heavy atom. The lowest BCUT2D eigenvalue weighted by Crippen LogP contribution is -2.64. The number of anilines is 1. The monoisotopic (exact) mass is 377 g/mol. The molecule has 0 bridgehead atoms. The molecule has 8 heteroatoms. The van der Waals surface area contributed by atoms with Gasteiger partial charge in [-0.15, -0.1) is 0 Å². The summed E-state index contributed by atoms with van der Waals surface area (Å²) in [5, 5.41) is 0. The van der Waals surface area contributed by atoms with Gasteiger partial charge in [0.1, 0.15) is 5.82 Å². The smallest absolute Gasteiger partial charge is 0.254 e. The van der Waals surface area contributed by atoms with E-state index in [1.807, 2.05) is 36.1 Å². The molecule has 0 aliphatic carbocycles. The Kier molecular flexibility index (Phi) is 4.20. The maximum atomic E-state index is 12.8. The van der Waals surface area contributed by atoms with Gasteiger partial charge >= 0.3 is 0 Å². The molecule has 2 aliphatic rings. The first kappa shape index (κ1) is 17.1. The van der Waals surface area contributed by atoms with Crippen LogP contribution < -0.4 is 4.90 Å². The second-order valence-electron chi connectivity index (χ2n) is 7.49. The molecule has 0 spiro atoms. The van der Waals surface area contributed by atoms with Crippen LogP contribution in [-0.2, 0) is 0 Å². The second-order valence-corrected chi connectivity index (χ2v) is 7.49. The fourth-order valence-corrected chi connectivity index (χ4v) is 4.05. The highest BCUT2D eigenvalue weighted by Gasteiger charge is 2.36. The van der Waals surface area contributed by atoms with E-state index in [1.54, 1.807) is 12.4 Å². The molecule has 1 aromatic carbocycles. The molecule has 1 N–H and O–H groups in total. The summed E-state index contributed by atoms with van der Waals surface area (Å²) < 4.78 is 0. The van der Waals surface area contributed by atoms with Crippen LogP contribution in [-0.4, -0.2) is 81.0 Å². The largest absolute Gasteiger partial charge is 0.342 e. The molecular weight excluding hydrogens is 354 g/mol. The average molecular weight is 377 g/mol. The van der Waals surface area contributed by atoms with E-state index in [9.17, 15) is 4.79 Å². The van der Waals surface area contributed by atoms with Gasteiger partial charge in [0.15, 0.2) is 0 Å². The van der Waals surface area contributed by atoms with Crippen LogP contribution in [0.25, 0.3) is 11.0 Å². The summed E-state index contributed by atoms with van der Waals surface area (Å²) in [6, 6.07) is 7.97. The maximum absolute atomic E-state index is 12.8. The van der Waals surface area contributed by atoms with Crippen LogP contribution in [0, 0.1) is 6.92 Å². The number of amides is 1. The highest BCUT2D eigenvalue weighted by Crippen LogP contribution is 2.22. The molecule has 2 aromatic heterocycles. The van der Waals surface area contributed by atoms with E-state index >= 15 is 0 Å². The van der Waals surface area contributed by atoms with Crippen molar-refractivity contribution in [3.63, 3.8) is 0 Å². The predicted molar refractivity (Wildman–Crippen MR) is 106 cm³/mol. The molecule has 0 saturated carbocycles. The molecule has 144 valence electrons. The van der Waals surface area contributed by atoms with Gasteiger partial charge in [-0.3, -0.25) is 9.69 Å². The number of likely N-dealkylation sites (tertiary alicyclic amines) is 1. The van der Waals surface area contributed by atoms with Crippen molar-refractivity contribution in [3.8, 4) is 0 Å². The average Bonchev–Trinajstić information content (AvgIpc) is 3.07. The number of carbonyl (C=O) groups excluding carboxylic acids is 1. The van der Waals surface area contributed by atoms with Gasteiger partial charge in [-0.25, -0.2) is 15.0 Å². The number of aryl methyl sites for hydroxylation is 1. The third-order valence-corrected chi connectivity index (χ3v) is 5.66. The summed E-state index contributed by atoms with van der Waals surface area (Å²) in [7, 11) is 0. The van der Waals surface area contributed by atoms with Crippen molar-refractivity contribution in [2.24, 2.45) is 0 Å². The first-order valence-corrected chi connectivity index (χ1v) is 9.69. The zero-order valence-electron chi connectivity index (χ0n) is 15.9. The van der Waals surface area contributed by atoms with Crippen molar-refractivity contribution in [1.29, 1.82) is 0 Å². The molecule has 2 saturated heterocycles. The highest BCUT2D eigenvalue weighted by atomic mass is 16.2. The van der Waals surface area contributed by atoms with Crippen LogP contribution in [0.5, 0.6) is 0 Å². The third-order valence-electron chi connectivity index (χ3n) is 5.66. The second kappa shape index (κ2) is 6.87. The number of carbonyl (C=O) groups is 1. The van der Waals surface area contributed by atoms with E-state index in [0.29, 0.717) is 6.04 Å². The maximum Gasteiger partial charge on any atom is 0.254 e. The number of H-pyrrole nitrogens is 1. The van der Waals surface area contributed by atoms with Crippen molar-refractivity contribution in [2.45, 2.75) is 13.0 Å². The van der Waals surface area contributed by atoms with Crippen LogP contribution in [0.1, 0.15) is 16.2 Å². The fourth-order valence-electron chi connectivity index (χ4n) is 4.05. The first-order chi connectivity index (χ1) is 13.7. The van der Waals surface area contributed by atoms with Gasteiger partial charge in [-0.05, 0) is 31.2 Å². The number of aromatic nitrogens is 4. The van der Waals surface area contributed by atoms with Crippen molar-refractivity contribution in [3.05, 3.63) is 48.0 Å². The molecule has 0 radical (unpaired) electrons. The van der Waals surface area contributed by atoms with Crippen molar-refractivity contribution in [1.82, 2.24) is 29.7 Å². The van der Waals surface area contributed by atoms with Crippen molar-refractivity contribution >= 4 is 22.9 Å². The normalized spacial score (nSPS) is 18.5. The van der Waals surface area contributed by atoms with Crippen LogP contribution >= 0.6 is 0 Å². The van der Waals surface area contributed by atoms with Gasteiger partial charge in [0.2, 0.25) is 5.95 Å². The quantitative estimate of drug-likeness (QED) is 0.741. The van der Waals surface area contributed by atoms with E-state index < -0.39 is 0 Å². The van der Waals surface area contributed by atoms with Crippen molar-refractivity contribution < 1.29 is 4.79 Å². The summed E-state index contributed by atoms with van der Waals surface area (Å²) >= 11 is 0. The number of hydrogen-bond donors (Lipinski definition) is 1. The zero-order valence-corrected chi connectivity index (χ0v) is 15.9. The van der Waals surface area contributed by atoms with E-state index in [2.05, 4.69) is 29.7 Å². The minimum Gasteiger partial charge on any atom is -0.342 e. The Labute approximate surface area is 163 Å². The van der Waals surface area contributed by atoms with Gasteiger partial charge < -0.3 is 14.8 Å². The molecule has 5 rings (SSSR count). The number of hydrogen-bond acceptors (Lipinski definition) is 6. The lowest BCUT2D eigenvalue weighted by atomic mass is 10.0. The summed E-state index contributed by atoms with van der Waals surface area (Å²) in [5.74, 6) is 1.77. The van der Waals surface area contributed by atoms with Crippen LogP contribution in [0.4, 0.5) is 5.95 Å². The number of rotatable bonds is 3. The number of benzene rings is 1. The Balaban J connectivity index is 1.16. The number of piperazine rings is 1. The number of fused-ring (bicyclic) bond motifs is 1. The summed E-state index contributed by atoms with van der Waals surface area (Å²) in [5.41, 5.74) is 2.54. The van der Waals surface area contributed by atoms with Crippen LogP contribution in [0.2, 0.25) is 0 Å². The van der Waals surface area contributed by atoms with E-state index in [0.717, 1.165) is 67.6 Å². The van der Waals surface area contributed by atoms with Crippen LogP contribution in [0.15, 0.2) is 36.7 Å². The molecule has 28 heavy (non-hydrogen) atoms. The topological polar surface area (TPSA) is 81.2 Å². The molecule has 8 nitrogen and oxygen atoms in total. The molecule has 2 aliphatic heterocycles. The zero-order chi connectivity index (χ0) is 19.1. The van der Waals surface area contributed by atoms with Gasteiger partial charge in [0, 0.05) is 63.3 Å². The van der Waals surface area contributed by atoms with Gasteiger partial charge in [-0.2, -0.15) is 0 Å². The lowest BCUT2D eigenvalue weighted by molar-refractivity contribution is 0.0246. The number of nitrogens with one attached hydrogen (secondary N) is 1. The Morgan fingerprint density at radius 3 is 2.61 bits per heavy atom. The van der Waals surface area contributed by atoms with E-state index in [1.165, 1.54) is 0 Å². The molecule has 2 fully saturated rings. The number of aromatic amines is 1. The standard InChI is InChI=1S/C20H23N7O/c1-14-23-17-4-3-15(11-18(17)24-14)19(28)27-12-16(13-27)25-7-9-26(10-8-25)20-21-5-2-6-22-20/h2-6,11,16H,7-10,12-13H2,1H3,(H,23,24). The van der Waals surface area contributed by atoms with E-state index in [-0.39, 0.29) is 5.91 Å². The number of imidazole rings is 1. The van der Waals surface area contributed by atoms with E-state index in [4.69, 9.17) is 0 Å². The van der Waals surface area contributed by atoms with Crippen molar-refractivity contribution in [2.75, 3.05) is 44.2 Å². The van der Waals surface area contributed by atoms with Crippen LogP contribution in [0.3, 0.4) is 0 Å². The molecule has 3 aromatic rings. The first-order valence-electron chi connectivity index (χ1n) is 9.69. The molecule has 4 heterocycles. The summed E-state index contributed by atoms with van der Waals surface area (Å²) in [6.45, 7) is 7.30. The summed E-state index contributed by atoms with van der Waals surface area (Å²) in [4.78, 5) is 35.7. The summed E-state index contributed by atoms with van der Waals surface area (Å²) in [6.07, 6.45) is 3.57. The van der Waals surface area contributed by atoms with Gasteiger partial charge in [0.25, 0.3) is 5.91 Å². The molecule has 1 amide bonds. The lowest BCUT2D eigenvalue weighted by Gasteiger charge is -2.48. The third kappa shape index (κ3) is 3.09. The Hall–Kier alpha value is -3.00.